The third-order valence-electron chi connectivity index (χ3n) is 2.22. The van der Waals surface area contributed by atoms with Crippen LogP contribution in [0.3, 0.4) is 0 Å². The molecule has 0 aliphatic rings. The van der Waals surface area contributed by atoms with Crippen LogP contribution in [-0.4, -0.2) is 26.6 Å². The minimum absolute atomic E-state index is 0. The summed E-state index contributed by atoms with van der Waals surface area (Å²) in [4.78, 5) is 0.202. The standard InChI is InChI=1S/C13H22N2O3S.ClH/c1-10(2)18-11-5-7-12(8-6-11)19(16,17)15-9-13(3,4)14;/h5-8,10,15H,9,14H2,1-4H3;1H. The molecular formula is C13H23ClN2O3S. The summed E-state index contributed by atoms with van der Waals surface area (Å²) in [6.07, 6.45) is 0.0543. The summed E-state index contributed by atoms with van der Waals surface area (Å²) in [5.41, 5.74) is 5.16. The van der Waals surface area contributed by atoms with Gasteiger partial charge in [0.1, 0.15) is 5.75 Å². The SMILES string of the molecule is CC(C)Oc1ccc(S(=O)(=O)NCC(C)(C)N)cc1.Cl. The second kappa shape index (κ2) is 7.26. The topological polar surface area (TPSA) is 81.4 Å². The molecule has 0 heterocycles. The fourth-order valence-electron chi connectivity index (χ4n) is 1.33. The highest BCUT2D eigenvalue weighted by Gasteiger charge is 2.18. The number of sulfonamides is 1. The molecule has 0 fully saturated rings. The first-order chi connectivity index (χ1) is 8.60. The second-order valence-corrected chi connectivity index (χ2v) is 7.22. The Bertz CT molecular complexity index is 507. The predicted octanol–water partition coefficient (Wildman–Crippen LogP) is 1.91. The molecule has 1 aromatic rings. The van der Waals surface area contributed by atoms with Gasteiger partial charge in [0.2, 0.25) is 10.0 Å². The summed E-state index contributed by atoms with van der Waals surface area (Å²) >= 11 is 0. The normalized spacial score (nSPS) is 12.1. The molecule has 0 unspecified atom stereocenters. The lowest BCUT2D eigenvalue weighted by atomic mass is 10.1. The lowest BCUT2D eigenvalue weighted by Crippen LogP contribution is -2.45. The maximum absolute atomic E-state index is 12.0. The van der Waals surface area contributed by atoms with Gasteiger partial charge in [0, 0.05) is 12.1 Å². The van der Waals surface area contributed by atoms with Crippen LogP contribution >= 0.6 is 12.4 Å². The highest BCUT2D eigenvalue weighted by Crippen LogP contribution is 2.17. The van der Waals surface area contributed by atoms with E-state index in [1.807, 2.05) is 13.8 Å². The zero-order valence-electron chi connectivity index (χ0n) is 12.2. The van der Waals surface area contributed by atoms with Crippen LogP contribution in [0.15, 0.2) is 29.2 Å². The number of nitrogens with two attached hydrogens (primary N) is 1. The van der Waals surface area contributed by atoms with Crippen molar-refractivity contribution in [1.82, 2.24) is 4.72 Å². The maximum atomic E-state index is 12.0. The van der Waals surface area contributed by atoms with Crippen molar-refractivity contribution in [3.05, 3.63) is 24.3 Å². The fraction of sp³-hybridized carbons (Fsp3) is 0.538. The molecule has 116 valence electrons. The van der Waals surface area contributed by atoms with Gasteiger partial charge in [-0.25, -0.2) is 13.1 Å². The van der Waals surface area contributed by atoms with Crippen LogP contribution in [0.2, 0.25) is 0 Å². The van der Waals surface area contributed by atoms with E-state index in [-0.39, 0.29) is 30.0 Å². The van der Waals surface area contributed by atoms with E-state index in [4.69, 9.17) is 10.5 Å². The van der Waals surface area contributed by atoms with Crippen molar-refractivity contribution in [3.63, 3.8) is 0 Å². The Balaban J connectivity index is 0.00000361. The number of hydrogen-bond donors (Lipinski definition) is 2. The first kappa shape index (κ1) is 19.2. The molecule has 0 bridgehead atoms. The molecular weight excluding hydrogens is 300 g/mol. The maximum Gasteiger partial charge on any atom is 0.240 e. The van der Waals surface area contributed by atoms with E-state index in [9.17, 15) is 8.42 Å². The fourth-order valence-corrected chi connectivity index (χ4v) is 2.56. The number of halogens is 1. The lowest BCUT2D eigenvalue weighted by Gasteiger charge is -2.19. The molecule has 1 aromatic carbocycles. The Morgan fingerprint density at radius 2 is 1.75 bits per heavy atom. The highest BCUT2D eigenvalue weighted by molar-refractivity contribution is 7.89. The van der Waals surface area contributed by atoms with Crippen molar-refractivity contribution in [1.29, 1.82) is 0 Å². The Morgan fingerprint density at radius 3 is 2.15 bits per heavy atom. The lowest BCUT2D eigenvalue weighted by molar-refractivity contribution is 0.242. The molecule has 0 radical (unpaired) electrons. The quantitative estimate of drug-likeness (QED) is 0.838. The van der Waals surface area contributed by atoms with Gasteiger partial charge in [-0.05, 0) is 52.0 Å². The Morgan fingerprint density at radius 1 is 1.25 bits per heavy atom. The Labute approximate surface area is 127 Å². The van der Waals surface area contributed by atoms with E-state index in [1.54, 1.807) is 26.0 Å². The molecule has 0 aromatic heterocycles. The molecule has 5 nitrogen and oxygen atoms in total. The van der Waals surface area contributed by atoms with Gasteiger partial charge in [0.05, 0.1) is 11.0 Å². The molecule has 1 rings (SSSR count). The molecule has 0 amide bonds. The summed E-state index contributed by atoms with van der Waals surface area (Å²) in [6, 6.07) is 6.32. The monoisotopic (exact) mass is 322 g/mol. The van der Waals surface area contributed by atoms with Gasteiger partial charge >= 0.3 is 0 Å². The zero-order chi connectivity index (χ0) is 14.7. The molecule has 20 heavy (non-hydrogen) atoms. The van der Waals surface area contributed by atoms with Crippen molar-refractivity contribution < 1.29 is 13.2 Å². The third-order valence-corrected chi connectivity index (χ3v) is 3.64. The van der Waals surface area contributed by atoms with Crippen molar-refractivity contribution in [2.24, 2.45) is 5.73 Å². The Kier molecular flexibility index (Phi) is 6.97. The molecule has 3 N–H and O–H groups in total. The number of ether oxygens (including phenoxy) is 1. The van der Waals surface area contributed by atoms with E-state index in [0.717, 1.165) is 0 Å². The molecule has 0 saturated heterocycles. The minimum atomic E-state index is -3.52. The van der Waals surface area contributed by atoms with Crippen molar-refractivity contribution in [3.8, 4) is 5.75 Å². The zero-order valence-corrected chi connectivity index (χ0v) is 13.8. The van der Waals surface area contributed by atoms with Gasteiger partial charge in [-0.3, -0.25) is 0 Å². The van der Waals surface area contributed by atoms with Gasteiger partial charge in [-0.1, -0.05) is 0 Å². The predicted molar refractivity (Wildman–Crippen MR) is 82.9 cm³/mol. The van der Waals surface area contributed by atoms with Gasteiger partial charge < -0.3 is 10.5 Å². The van der Waals surface area contributed by atoms with Crippen molar-refractivity contribution >= 4 is 22.4 Å². The smallest absolute Gasteiger partial charge is 0.240 e. The minimum Gasteiger partial charge on any atom is -0.491 e. The highest BCUT2D eigenvalue weighted by atomic mass is 35.5. The first-order valence-corrected chi connectivity index (χ1v) is 7.64. The molecule has 0 saturated carbocycles. The second-order valence-electron chi connectivity index (χ2n) is 5.45. The van der Waals surface area contributed by atoms with Crippen molar-refractivity contribution in [2.45, 2.75) is 44.2 Å². The number of benzene rings is 1. The largest absolute Gasteiger partial charge is 0.491 e. The third kappa shape index (κ3) is 6.56. The van der Waals surface area contributed by atoms with Gasteiger partial charge in [0.15, 0.2) is 0 Å². The van der Waals surface area contributed by atoms with Gasteiger partial charge in [-0.15, -0.1) is 12.4 Å². The Hall–Kier alpha value is -0.820. The summed E-state index contributed by atoms with van der Waals surface area (Å²) in [6.45, 7) is 7.52. The summed E-state index contributed by atoms with van der Waals surface area (Å²) in [7, 11) is -3.52. The van der Waals surface area contributed by atoms with E-state index in [1.165, 1.54) is 12.1 Å². The molecule has 0 spiro atoms. The van der Waals surface area contributed by atoms with Crippen molar-refractivity contribution in [2.75, 3.05) is 6.54 Å². The van der Waals surface area contributed by atoms with Crippen LogP contribution in [0.25, 0.3) is 0 Å². The van der Waals surface area contributed by atoms with E-state index in [0.29, 0.717) is 5.75 Å². The van der Waals surface area contributed by atoms with Crippen LogP contribution in [0.4, 0.5) is 0 Å². The van der Waals surface area contributed by atoms with E-state index in [2.05, 4.69) is 4.72 Å². The molecule has 0 aliphatic heterocycles. The molecule has 0 aliphatic carbocycles. The summed E-state index contributed by atoms with van der Waals surface area (Å²) in [5, 5.41) is 0. The first-order valence-electron chi connectivity index (χ1n) is 6.15. The number of rotatable bonds is 6. The average molecular weight is 323 g/mol. The van der Waals surface area contributed by atoms with Crippen LogP contribution in [0.1, 0.15) is 27.7 Å². The molecule has 7 heteroatoms. The van der Waals surface area contributed by atoms with Crippen LogP contribution in [0.5, 0.6) is 5.75 Å². The van der Waals surface area contributed by atoms with Crippen LogP contribution in [0, 0.1) is 0 Å². The van der Waals surface area contributed by atoms with Gasteiger partial charge in [0.25, 0.3) is 0 Å². The van der Waals surface area contributed by atoms with E-state index >= 15 is 0 Å². The summed E-state index contributed by atoms with van der Waals surface area (Å²) < 4.78 is 32.0. The molecule has 0 atom stereocenters. The number of nitrogens with one attached hydrogen (secondary N) is 1. The average Bonchev–Trinajstić information content (AvgIpc) is 2.26. The number of hydrogen-bond acceptors (Lipinski definition) is 4. The summed E-state index contributed by atoms with van der Waals surface area (Å²) in [5.74, 6) is 0.646. The van der Waals surface area contributed by atoms with E-state index < -0.39 is 15.6 Å². The van der Waals surface area contributed by atoms with Crippen LogP contribution < -0.4 is 15.2 Å². The van der Waals surface area contributed by atoms with Crippen LogP contribution in [-0.2, 0) is 10.0 Å². The van der Waals surface area contributed by atoms with Gasteiger partial charge in [-0.2, -0.15) is 0 Å².